The molecule has 0 radical (unpaired) electrons. The van der Waals surface area contributed by atoms with Crippen LogP contribution in [-0.2, 0) is 4.79 Å². The molecule has 1 aliphatic heterocycles. The quantitative estimate of drug-likeness (QED) is 0.802. The lowest BCUT2D eigenvalue weighted by atomic mass is 10.2. The average Bonchev–Trinajstić information content (AvgIpc) is 2.83. The number of imide groups is 1. The molecule has 0 spiro atoms. The number of thioether (sulfide) groups is 1. The fraction of sp³-hybridized carbons (Fsp3) is 0.125. The van der Waals surface area contributed by atoms with E-state index < -0.39 is 0 Å². The van der Waals surface area contributed by atoms with Crippen molar-refractivity contribution in [3.8, 4) is 11.6 Å². The van der Waals surface area contributed by atoms with Crippen LogP contribution in [0.4, 0.5) is 4.79 Å². The first-order chi connectivity index (χ1) is 11.2. The normalized spacial score (nSPS) is 16.2. The zero-order valence-electron chi connectivity index (χ0n) is 12.3. The number of hydrogen-bond donors (Lipinski definition) is 0. The highest BCUT2D eigenvalue weighted by Crippen LogP contribution is 2.32. The Kier molecular flexibility index (Phi) is 4.38. The summed E-state index contributed by atoms with van der Waals surface area (Å²) in [6.07, 6.45) is 4.71. The van der Waals surface area contributed by atoms with Crippen LogP contribution in [0.15, 0.2) is 47.8 Å². The van der Waals surface area contributed by atoms with Crippen LogP contribution in [0.1, 0.15) is 12.5 Å². The predicted octanol–water partition coefficient (Wildman–Crippen LogP) is 3.33. The van der Waals surface area contributed by atoms with E-state index in [2.05, 4.69) is 9.97 Å². The van der Waals surface area contributed by atoms with Gasteiger partial charge in [-0.25, -0.2) is 9.97 Å². The summed E-state index contributed by atoms with van der Waals surface area (Å²) in [7, 11) is 0. The molecule has 6 nitrogen and oxygen atoms in total. The van der Waals surface area contributed by atoms with Crippen molar-refractivity contribution < 1.29 is 14.3 Å². The van der Waals surface area contributed by atoms with Crippen LogP contribution >= 0.6 is 11.8 Å². The van der Waals surface area contributed by atoms with E-state index in [1.54, 1.807) is 37.4 Å². The van der Waals surface area contributed by atoms with Gasteiger partial charge in [0.25, 0.3) is 11.1 Å². The summed E-state index contributed by atoms with van der Waals surface area (Å²) in [5, 5.41) is -0.229. The lowest BCUT2D eigenvalue weighted by Gasteiger charge is -2.07. The molecule has 116 valence electrons. The zero-order valence-corrected chi connectivity index (χ0v) is 13.1. The molecule has 1 aliphatic rings. The molecule has 2 aromatic rings. The minimum atomic E-state index is -0.246. The number of rotatable bonds is 4. The van der Waals surface area contributed by atoms with Gasteiger partial charge in [-0.2, -0.15) is 0 Å². The summed E-state index contributed by atoms with van der Waals surface area (Å²) in [6, 6.07) is 8.84. The maximum Gasteiger partial charge on any atom is 0.293 e. The fourth-order valence-corrected chi connectivity index (χ4v) is 2.92. The molecule has 0 aliphatic carbocycles. The Morgan fingerprint density at radius 3 is 2.61 bits per heavy atom. The number of nitrogens with zero attached hydrogens (tertiary/aromatic N) is 3. The summed E-state index contributed by atoms with van der Waals surface area (Å²) < 4.78 is 5.57. The van der Waals surface area contributed by atoms with E-state index in [0.717, 1.165) is 17.3 Å². The van der Waals surface area contributed by atoms with Crippen LogP contribution in [-0.4, -0.2) is 32.6 Å². The van der Waals surface area contributed by atoms with Crippen molar-refractivity contribution in [2.24, 2.45) is 0 Å². The number of amides is 2. The molecule has 1 aromatic heterocycles. The van der Waals surface area contributed by atoms with E-state index in [4.69, 9.17) is 4.74 Å². The molecule has 7 heteroatoms. The second-order valence-electron chi connectivity index (χ2n) is 4.64. The summed E-state index contributed by atoms with van der Waals surface area (Å²) in [5.41, 5.74) is 0.821. The van der Waals surface area contributed by atoms with E-state index in [-0.39, 0.29) is 11.1 Å². The van der Waals surface area contributed by atoms with Gasteiger partial charge in [0, 0.05) is 18.8 Å². The molecule has 1 fully saturated rings. The Bertz CT molecular complexity index is 760. The molecular formula is C16H13N3O3S. The van der Waals surface area contributed by atoms with Gasteiger partial charge in [0.1, 0.15) is 12.1 Å². The number of carbonyl (C=O) groups is 2. The first-order valence-electron chi connectivity index (χ1n) is 6.96. The standard InChI is InChI=1S/C16H13N3O3S/c1-2-19-15(20)13(23-16(19)21)9-11-3-5-12(6-4-11)22-14-7-8-17-10-18-14/h3-10H,2H2,1H3. The third kappa shape index (κ3) is 3.40. The lowest BCUT2D eigenvalue weighted by molar-refractivity contribution is -0.122. The van der Waals surface area contributed by atoms with E-state index in [9.17, 15) is 9.59 Å². The number of hydrogen-bond acceptors (Lipinski definition) is 6. The summed E-state index contributed by atoms with van der Waals surface area (Å²) in [5.74, 6) is 0.836. The largest absolute Gasteiger partial charge is 0.439 e. The van der Waals surface area contributed by atoms with Crippen molar-refractivity contribution in [1.29, 1.82) is 0 Å². The molecule has 0 atom stereocenters. The summed E-state index contributed by atoms with van der Waals surface area (Å²) in [4.78, 5) is 33.2. The van der Waals surface area contributed by atoms with Gasteiger partial charge in [0.2, 0.25) is 5.88 Å². The van der Waals surface area contributed by atoms with Crippen LogP contribution in [0.5, 0.6) is 11.6 Å². The molecular weight excluding hydrogens is 314 g/mol. The molecule has 2 heterocycles. The Balaban J connectivity index is 1.74. The van der Waals surface area contributed by atoms with Crippen LogP contribution in [0.2, 0.25) is 0 Å². The highest BCUT2D eigenvalue weighted by Gasteiger charge is 2.33. The number of benzene rings is 1. The third-order valence-corrected chi connectivity index (χ3v) is 4.05. The second-order valence-corrected chi connectivity index (χ2v) is 5.64. The molecule has 0 bridgehead atoms. The molecule has 1 saturated heterocycles. The molecule has 1 aromatic carbocycles. The van der Waals surface area contributed by atoms with Crippen LogP contribution in [0, 0.1) is 0 Å². The minimum absolute atomic E-state index is 0.229. The Morgan fingerprint density at radius 1 is 1.22 bits per heavy atom. The number of ether oxygens (including phenoxy) is 1. The van der Waals surface area contributed by atoms with Gasteiger partial charge in [-0.1, -0.05) is 12.1 Å². The van der Waals surface area contributed by atoms with Gasteiger partial charge in [-0.15, -0.1) is 0 Å². The number of likely N-dealkylation sites (N-methyl/N-ethyl adjacent to an activating group) is 1. The van der Waals surface area contributed by atoms with Crippen molar-refractivity contribution in [2.45, 2.75) is 6.92 Å². The van der Waals surface area contributed by atoms with Crippen molar-refractivity contribution in [1.82, 2.24) is 14.9 Å². The van der Waals surface area contributed by atoms with E-state index in [1.807, 2.05) is 12.1 Å². The van der Waals surface area contributed by atoms with Crippen molar-refractivity contribution in [2.75, 3.05) is 6.54 Å². The zero-order chi connectivity index (χ0) is 16.2. The van der Waals surface area contributed by atoms with E-state index in [0.29, 0.717) is 23.1 Å². The highest BCUT2D eigenvalue weighted by atomic mass is 32.2. The third-order valence-electron chi connectivity index (χ3n) is 3.14. The molecule has 23 heavy (non-hydrogen) atoms. The molecule has 0 N–H and O–H groups in total. The average molecular weight is 327 g/mol. The first-order valence-corrected chi connectivity index (χ1v) is 7.78. The molecule has 0 saturated carbocycles. The van der Waals surface area contributed by atoms with Gasteiger partial charge >= 0.3 is 0 Å². The monoisotopic (exact) mass is 327 g/mol. The minimum Gasteiger partial charge on any atom is -0.439 e. The maximum absolute atomic E-state index is 12.0. The maximum atomic E-state index is 12.0. The molecule has 2 amide bonds. The van der Waals surface area contributed by atoms with Crippen LogP contribution in [0.3, 0.4) is 0 Å². The summed E-state index contributed by atoms with van der Waals surface area (Å²) >= 11 is 0.958. The van der Waals surface area contributed by atoms with Crippen molar-refractivity contribution in [3.63, 3.8) is 0 Å². The van der Waals surface area contributed by atoms with Crippen molar-refractivity contribution >= 4 is 29.0 Å². The number of carbonyl (C=O) groups excluding carboxylic acids is 2. The topological polar surface area (TPSA) is 72.4 Å². The summed E-state index contributed by atoms with van der Waals surface area (Å²) in [6.45, 7) is 2.16. The SMILES string of the molecule is CCN1C(=O)SC(=Cc2ccc(Oc3ccncn3)cc2)C1=O. The number of aromatic nitrogens is 2. The molecule has 0 unspecified atom stereocenters. The van der Waals surface area contributed by atoms with E-state index in [1.165, 1.54) is 11.2 Å². The van der Waals surface area contributed by atoms with Gasteiger partial charge in [0.15, 0.2) is 0 Å². The van der Waals surface area contributed by atoms with Gasteiger partial charge < -0.3 is 4.74 Å². The fourth-order valence-electron chi connectivity index (χ4n) is 2.02. The van der Waals surface area contributed by atoms with Crippen LogP contribution in [0.25, 0.3) is 6.08 Å². The van der Waals surface area contributed by atoms with Crippen LogP contribution < -0.4 is 4.74 Å². The van der Waals surface area contributed by atoms with Gasteiger partial charge in [-0.3, -0.25) is 14.5 Å². The molecule has 3 rings (SSSR count). The van der Waals surface area contributed by atoms with E-state index >= 15 is 0 Å². The highest BCUT2D eigenvalue weighted by molar-refractivity contribution is 8.18. The first kappa shape index (κ1) is 15.2. The smallest absolute Gasteiger partial charge is 0.293 e. The Labute approximate surface area is 137 Å². The predicted molar refractivity (Wildman–Crippen MR) is 86.9 cm³/mol. The Morgan fingerprint density at radius 2 is 2.00 bits per heavy atom. The van der Waals surface area contributed by atoms with Gasteiger partial charge in [0.05, 0.1) is 4.91 Å². The van der Waals surface area contributed by atoms with Gasteiger partial charge in [-0.05, 0) is 42.5 Å². The second kappa shape index (κ2) is 6.62. The lowest BCUT2D eigenvalue weighted by Crippen LogP contribution is -2.27. The van der Waals surface area contributed by atoms with Crippen molar-refractivity contribution in [3.05, 3.63) is 53.3 Å². The Hall–Kier alpha value is -2.67.